The monoisotopic (exact) mass is 476 g/mol. The zero-order valence-electron chi connectivity index (χ0n) is 18.9. The van der Waals surface area contributed by atoms with Crippen molar-refractivity contribution < 1.29 is 13.2 Å². The number of aryl methyl sites for hydroxylation is 2. The molecule has 0 saturated carbocycles. The molecule has 2 aromatic heterocycles. The van der Waals surface area contributed by atoms with E-state index in [1.165, 1.54) is 13.2 Å². The molecule has 0 unspecified atom stereocenters. The van der Waals surface area contributed by atoms with Crippen molar-refractivity contribution in [3.05, 3.63) is 84.3 Å². The van der Waals surface area contributed by atoms with Gasteiger partial charge in [0, 0.05) is 23.6 Å². The number of hydrogen-bond donors (Lipinski definition) is 3. The Hall–Kier alpha value is -4.18. The number of sulfonamides is 1. The van der Waals surface area contributed by atoms with Crippen LogP contribution in [0.5, 0.6) is 5.75 Å². The highest BCUT2D eigenvalue weighted by molar-refractivity contribution is 7.92. The van der Waals surface area contributed by atoms with E-state index < -0.39 is 10.0 Å². The van der Waals surface area contributed by atoms with Gasteiger partial charge in [-0.05, 0) is 67.9 Å². The van der Waals surface area contributed by atoms with Crippen molar-refractivity contribution >= 4 is 38.9 Å². The van der Waals surface area contributed by atoms with E-state index in [0.29, 0.717) is 29.0 Å². The maximum absolute atomic E-state index is 12.8. The van der Waals surface area contributed by atoms with Crippen LogP contribution in [-0.2, 0) is 10.0 Å². The van der Waals surface area contributed by atoms with E-state index in [2.05, 4.69) is 30.3 Å². The molecule has 34 heavy (non-hydrogen) atoms. The number of rotatable bonds is 8. The van der Waals surface area contributed by atoms with Crippen LogP contribution in [0.1, 0.15) is 11.4 Å². The first kappa shape index (κ1) is 23.0. The smallest absolute Gasteiger partial charge is 0.265 e. The van der Waals surface area contributed by atoms with Crippen molar-refractivity contribution in [2.75, 3.05) is 22.5 Å². The highest BCUT2D eigenvalue weighted by Crippen LogP contribution is 2.26. The van der Waals surface area contributed by atoms with E-state index in [4.69, 9.17) is 4.74 Å². The van der Waals surface area contributed by atoms with E-state index in [-0.39, 0.29) is 10.6 Å². The zero-order valence-corrected chi connectivity index (χ0v) is 19.7. The molecule has 0 aliphatic carbocycles. The van der Waals surface area contributed by atoms with E-state index in [1.807, 2.05) is 19.1 Å². The van der Waals surface area contributed by atoms with Gasteiger partial charge >= 0.3 is 0 Å². The van der Waals surface area contributed by atoms with E-state index >= 15 is 0 Å². The largest absolute Gasteiger partial charge is 0.495 e. The van der Waals surface area contributed by atoms with Gasteiger partial charge in [-0.3, -0.25) is 4.72 Å². The van der Waals surface area contributed by atoms with Gasteiger partial charge in [0.2, 0.25) is 0 Å². The lowest BCUT2D eigenvalue weighted by Crippen LogP contribution is -2.14. The molecule has 0 aliphatic heterocycles. The molecule has 9 nitrogen and oxygen atoms in total. The maximum atomic E-state index is 12.8. The minimum atomic E-state index is -3.80. The van der Waals surface area contributed by atoms with Crippen molar-refractivity contribution in [1.29, 1.82) is 0 Å². The fraction of sp³-hybridized carbons (Fsp3) is 0.125. The minimum absolute atomic E-state index is 0.0688. The van der Waals surface area contributed by atoms with Crippen LogP contribution in [-0.4, -0.2) is 30.5 Å². The first-order valence-electron chi connectivity index (χ1n) is 10.4. The molecule has 174 valence electrons. The molecule has 0 bridgehead atoms. The van der Waals surface area contributed by atoms with Crippen molar-refractivity contribution in [2.45, 2.75) is 18.7 Å². The molecule has 0 atom stereocenters. The summed E-state index contributed by atoms with van der Waals surface area (Å²) >= 11 is 0. The SMILES string of the molecule is COc1ccccc1S(=O)(=O)Nc1ccc(Nc2cc(Nc3cc(C)ccn3)nc(C)n2)cc1. The summed E-state index contributed by atoms with van der Waals surface area (Å²) < 4.78 is 33.3. The lowest BCUT2D eigenvalue weighted by Gasteiger charge is -2.13. The molecule has 0 amide bonds. The number of methoxy groups -OCH3 is 1. The molecular formula is C24H24N6O3S. The summed E-state index contributed by atoms with van der Waals surface area (Å²) in [6.45, 7) is 3.79. The number of nitrogens with one attached hydrogen (secondary N) is 3. The topological polar surface area (TPSA) is 118 Å². The highest BCUT2D eigenvalue weighted by Gasteiger charge is 2.19. The standard InChI is InChI=1S/C24H24N6O3S/c1-16-12-13-25-22(14-16)29-24-15-23(26-17(2)27-24)28-18-8-10-19(11-9-18)30-34(31,32)21-7-5-4-6-20(21)33-3/h4-15,30H,1-3H3,(H2,25,26,27,28,29). The van der Waals surface area contributed by atoms with E-state index in [0.717, 1.165) is 11.3 Å². The summed E-state index contributed by atoms with van der Waals surface area (Å²) in [7, 11) is -2.37. The summed E-state index contributed by atoms with van der Waals surface area (Å²) in [6, 6.07) is 18.9. The van der Waals surface area contributed by atoms with Crippen LogP contribution in [0.15, 0.2) is 77.8 Å². The van der Waals surface area contributed by atoms with Crippen LogP contribution in [0.3, 0.4) is 0 Å². The van der Waals surface area contributed by atoms with Crippen LogP contribution in [0.2, 0.25) is 0 Å². The van der Waals surface area contributed by atoms with Gasteiger partial charge in [-0.2, -0.15) is 0 Å². The lowest BCUT2D eigenvalue weighted by atomic mass is 10.3. The fourth-order valence-corrected chi connectivity index (χ4v) is 4.48. The highest BCUT2D eigenvalue weighted by atomic mass is 32.2. The predicted octanol–water partition coefficient (Wildman–Crippen LogP) is 4.79. The number of para-hydroxylation sites is 1. The van der Waals surface area contributed by atoms with Crippen LogP contribution >= 0.6 is 0 Å². The Kier molecular flexibility index (Phi) is 6.60. The Morgan fingerprint density at radius 3 is 2.18 bits per heavy atom. The summed E-state index contributed by atoms with van der Waals surface area (Å²) in [5.41, 5.74) is 2.24. The van der Waals surface area contributed by atoms with Crippen LogP contribution < -0.4 is 20.1 Å². The second-order valence-electron chi connectivity index (χ2n) is 7.49. The van der Waals surface area contributed by atoms with Gasteiger partial charge in [-0.15, -0.1) is 0 Å². The van der Waals surface area contributed by atoms with Crippen molar-refractivity contribution in [1.82, 2.24) is 15.0 Å². The molecule has 10 heteroatoms. The third kappa shape index (κ3) is 5.59. The Balaban J connectivity index is 1.48. The third-order valence-electron chi connectivity index (χ3n) is 4.78. The van der Waals surface area contributed by atoms with Gasteiger partial charge in [0.1, 0.15) is 33.9 Å². The summed E-state index contributed by atoms with van der Waals surface area (Å²) in [6.07, 6.45) is 1.73. The van der Waals surface area contributed by atoms with E-state index in [1.54, 1.807) is 61.7 Å². The van der Waals surface area contributed by atoms with Crippen LogP contribution in [0, 0.1) is 13.8 Å². The van der Waals surface area contributed by atoms with Crippen molar-refractivity contribution in [3.63, 3.8) is 0 Å². The maximum Gasteiger partial charge on any atom is 0.265 e. The Morgan fingerprint density at radius 2 is 1.47 bits per heavy atom. The number of anilines is 5. The Labute approximate surface area is 198 Å². The number of aromatic nitrogens is 3. The molecule has 0 aliphatic rings. The van der Waals surface area contributed by atoms with Crippen molar-refractivity contribution in [3.8, 4) is 5.75 Å². The predicted molar refractivity (Wildman–Crippen MR) is 133 cm³/mol. The van der Waals surface area contributed by atoms with Gasteiger partial charge in [0.15, 0.2) is 0 Å². The molecular weight excluding hydrogens is 452 g/mol. The molecule has 0 saturated heterocycles. The van der Waals surface area contributed by atoms with Crippen LogP contribution in [0.25, 0.3) is 0 Å². The van der Waals surface area contributed by atoms with E-state index in [9.17, 15) is 8.42 Å². The summed E-state index contributed by atoms with van der Waals surface area (Å²) in [5, 5.41) is 6.40. The van der Waals surface area contributed by atoms with Gasteiger partial charge < -0.3 is 15.4 Å². The average molecular weight is 477 g/mol. The second kappa shape index (κ2) is 9.75. The summed E-state index contributed by atoms with van der Waals surface area (Å²) in [4.78, 5) is 13.2. The normalized spacial score (nSPS) is 11.0. The number of ether oxygens (including phenoxy) is 1. The molecule has 0 spiro atoms. The first-order valence-corrected chi connectivity index (χ1v) is 11.9. The quantitative estimate of drug-likeness (QED) is 0.332. The lowest BCUT2D eigenvalue weighted by molar-refractivity contribution is 0.403. The molecule has 4 rings (SSSR count). The molecule has 2 heterocycles. The van der Waals surface area contributed by atoms with Gasteiger partial charge in [0.25, 0.3) is 10.0 Å². The second-order valence-corrected chi connectivity index (χ2v) is 9.14. The number of hydrogen-bond acceptors (Lipinski definition) is 8. The zero-order chi connectivity index (χ0) is 24.1. The number of benzene rings is 2. The Bertz CT molecular complexity index is 1410. The van der Waals surface area contributed by atoms with Gasteiger partial charge in [-0.1, -0.05) is 12.1 Å². The molecule has 2 aromatic carbocycles. The third-order valence-corrected chi connectivity index (χ3v) is 6.20. The molecule has 0 fully saturated rings. The minimum Gasteiger partial charge on any atom is -0.495 e. The average Bonchev–Trinajstić information content (AvgIpc) is 2.80. The van der Waals surface area contributed by atoms with Gasteiger partial charge in [0.05, 0.1) is 7.11 Å². The molecule has 3 N–H and O–H groups in total. The molecule has 4 aromatic rings. The first-order chi connectivity index (χ1) is 16.3. The van der Waals surface area contributed by atoms with Crippen molar-refractivity contribution in [2.24, 2.45) is 0 Å². The van der Waals surface area contributed by atoms with Crippen LogP contribution in [0.4, 0.5) is 28.8 Å². The Morgan fingerprint density at radius 1 is 0.794 bits per heavy atom. The molecule has 0 radical (unpaired) electrons. The number of nitrogens with zero attached hydrogens (tertiary/aromatic N) is 3. The fourth-order valence-electron chi connectivity index (χ4n) is 3.25. The summed E-state index contributed by atoms with van der Waals surface area (Å²) in [5.74, 6) is 2.74. The van der Waals surface area contributed by atoms with Gasteiger partial charge in [-0.25, -0.2) is 23.4 Å². The number of pyridine rings is 1.